The summed E-state index contributed by atoms with van der Waals surface area (Å²) in [7, 11) is 0. The minimum Gasteiger partial charge on any atom is -0.441 e. The fraction of sp³-hybridized carbons (Fsp3) is 0.200. The summed E-state index contributed by atoms with van der Waals surface area (Å²) in [5.74, 6) is 0.772. The van der Waals surface area contributed by atoms with Gasteiger partial charge in [-0.25, -0.2) is 9.37 Å². The van der Waals surface area contributed by atoms with E-state index in [9.17, 15) is 9.18 Å². The number of hydrogen-bond acceptors (Lipinski definition) is 3. The highest BCUT2D eigenvalue weighted by molar-refractivity contribution is 6.30. The predicted molar refractivity (Wildman–Crippen MR) is 98.5 cm³/mol. The summed E-state index contributed by atoms with van der Waals surface area (Å²) in [6.07, 6.45) is 0.860. The molecule has 2 aromatic carbocycles. The highest BCUT2D eigenvalue weighted by Crippen LogP contribution is 2.22. The van der Waals surface area contributed by atoms with Gasteiger partial charge in [-0.05, 0) is 48.9 Å². The summed E-state index contributed by atoms with van der Waals surface area (Å²) in [4.78, 5) is 16.5. The van der Waals surface area contributed by atoms with Crippen LogP contribution in [0.2, 0.25) is 5.02 Å². The quantitative estimate of drug-likeness (QED) is 0.700. The van der Waals surface area contributed by atoms with Crippen LogP contribution < -0.4 is 5.32 Å². The Bertz CT molecular complexity index is 889. The fourth-order valence-corrected chi connectivity index (χ4v) is 2.67. The largest absolute Gasteiger partial charge is 0.441 e. The van der Waals surface area contributed by atoms with E-state index in [1.807, 2.05) is 19.1 Å². The molecule has 26 heavy (non-hydrogen) atoms. The zero-order valence-electron chi connectivity index (χ0n) is 14.3. The Balaban J connectivity index is 1.54. The van der Waals surface area contributed by atoms with Crippen molar-refractivity contribution in [2.45, 2.75) is 19.8 Å². The first-order valence-corrected chi connectivity index (χ1v) is 8.62. The van der Waals surface area contributed by atoms with E-state index in [0.29, 0.717) is 41.6 Å². The number of aryl methyl sites for hydroxylation is 1. The minimum atomic E-state index is -0.305. The molecule has 134 valence electrons. The maximum atomic E-state index is 13.0. The molecule has 3 rings (SSSR count). The van der Waals surface area contributed by atoms with Crippen molar-refractivity contribution in [1.82, 2.24) is 10.3 Å². The average molecular weight is 373 g/mol. The van der Waals surface area contributed by atoms with E-state index in [0.717, 1.165) is 11.3 Å². The van der Waals surface area contributed by atoms with Gasteiger partial charge >= 0.3 is 0 Å². The van der Waals surface area contributed by atoms with Crippen molar-refractivity contribution in [2.24, 2.45) is 0 Å². The standard InChI is InChI=1S/C20H18ClFN2O2/c1-13-18(24-20(26-13)15-4-8-17(22)9-5-15)10-11-23-19(25)12-14-2-6-16(21)7-3-14/h2-9H,10-12H2,1H3,(H,23,25). The van der Waals surface area contributed by atoms with Crippen molar-refractivity contribution in [3.8, 4) is 11.5 Å². The topological polar surface area (TPSA) is 55.1 Å². The first kappa shape index (κ1) is 18.1. The molecule has 0 saturated carbocycles. The van der Waals surface area contributed by atoms with Gasteiger partial charge in [-0.15, -0.1) is 0 Å². The van der Waals surface area contributed by atoms with E-state index in [1.54, 1.807) is 24.3 Å². The molecule has 1 heterocycles. The van der Waals surface area contributed by atoms with Crippen LogP contribution in [0.25, 0.3) is 11.5 Å². The second kappa shape index (κ2) is 8.15. The molecule has 6 heteroatoms. The van der Waals surface area contributed by atoms with Crippen molar-refractivity contribution in [3.05, 3.63) is 76.4 Å². The minimum absolute atomic E-state index is 0.0628. The van der Waals surface area contributed by atoms with Gasteiger partial charge in [-0.1, -0.05) is 23.7 Å². The number of halogens is 2. The molecule has 0 bridgehead atoms. The van der Waals surface area contributed by atoms with Crippen LogP contribution in [-0.2, 0) is 17.6 Å². The number of nitrogens with zero attached hydrogens (tertiary/aromatic N) is 1. The van der Waals surface area contributed by atoms with E-state index < -0.39 is 0 Å². The van der Waals surface area contributed by atoms with Crippen LogP contribution in [0.15, 0.2) is 52.9 Å². The normalized spacial score (nSPS) is 10.7. The van der Waals surface area contributed by atoms with Crippen LogP contribution in [-0.4, -0.2) is 17.4 Å². The molecule has 0 fully saturated rings. The average Bonchev–Trinajstić information content (AvgIpc) is 2.98. The number of hydrogen-bond donors (Lipinski definition) is 1. The van der Waals surface area contributed by atoms with Crippen LogP contribution in [0, 0.1) is 12.7 Å². The number of benzene rings is 2. The molecule has 1 amide bonds. The Labute approximate surface area is 156 Å². The van der Waals surface area contributed by atoms with Gasteiger partial charge in [0.25, 0.3) is 0 Å². The summed E-state index contributed by atoms with van der Waals surface area (Å²) >= 11 is 5.83. The smallest absolute Gasteiger partial charge is 0.226 e. The van der Waals surface area contributed by atoms with Gasteiger partial charge in [0.2, 0.25) is 11.8 Å². The van der Waals surface area contributed by atoms with Crippen molar-refractivity contribution in [1.29, 1.82) is 0 Å². The molecule has 0 atom stereocenters. The Hall–Kier alpha value is -2.66. The summed E-state index contributed by atoms with van der Waals surface area (Å²) in [6.45, 7) is 2.29. The Morgan fingerprint density at radius 1 is 1.15 bits per heavy atom. The van der Waals surface area contributed by atoms with Gasteiger partial charge in [-0.2, -0.15) is 0 Å². The molecule has 4 nitrogen and oxygen atoms in total. The van der Waals surface area contributed by atoms with Crippen LogP contribution in [0.3, 0.4) is 0 Å². The third kappa shape index (κ3) is 4.70. The van der Waals surface area contributed by atoms with Crippen LogP contribution in [0.1, 0.15) is 17.0 Å². The molecule has 3 aromatic rings. The lowest BCUT2D eigenvalue weighted by Gasteiger charge is -2.04. The predicted octanol–water partition coefficient (Wildman–Crippen LogP) is 4.34. The zero-order valence-corrected chi connectivity index (χ0v) is 15.0. The van der Waals surface area contributed by atoms with E-state index in [4.69, 9.17) is 16.0 Å². The molecular weight excluding hydrogens is 355 g/mol. The number of carbonyl (C=O) groups is 1. The van der Waals surface area contributed by atoms with Gasteiger partial charge in [0.15, 0.2) is 0 Å². The molecule has 0 aliphatic rings. The van der Waals surface area contributed by atoms with Gasteiger partial charge in [0.05, 0.1) is 12.1 Å². The lowest BCUT2D eigenvalue weighted by molar-refractivity contribution is -0.120. The van der Waals surface area contributed by atoms with E-state index in [1.165, 1.54) is 12.1 Å². The number of amides is 1. The fourth-order valence-electron chi connectivity index (χ4n) is 2.55. The number of oxazole rings is 1. The van der Waals surface area contributed by atoms with Crippen LogP contribution >= 0.6 is 11.6 Å². The molecule has 0 aliphatic heterocycles. The molecule has 0 saturated heterocycles. The summed E-state index contributed by atoms with van der Waals surface area (Å²) < 4.78 is 18.7. The van der Waals surface area contributed by atoms with E-state index in [-0.39, 0.29) is 11.7 Å². The number of rotatable bonds is 6. The number of carbonyl (C=O) groups excluding carboxylic acids is 1. The lowest BCUT2D eigenvalue weighted by Crippen LogP contribution is -2.27. The highest BCUT2D eigenvalue weighted by atomic mass is 35.5. The second-order valence-corrected chi connectivity index (χ2v) is 6.37. The summed E-state index contributed by atoms with van der Waals surface area (Å²) in [5, 5.41) is 3.52. The monoisotopic (exact) mass is 372 g/mol. The first-order chi connectivity index (χ1) is 12.5. The van der Waals surface area contributed by atoms with Crippen LogP contribution in [0.5, 0.6) is 0 Å². The molecule has 0 unspecified atom stereocenters. The maximum absolute atomic E-state index is 13.0. The lowest BCUT2D eigenvalue weighted by atomic mass is 10.1. The van der Waals surface area contributed by atoms with Crippen LogP contribution in [0.4, 0.5) is 4.39 Å². The molecule has 1 aromatic heterocycles. The molecule has 0 spiro atoms. The molecule has 0 radical (unpaired) electrons. The van der Waals surface area contributed by atoms with E-state index >= 15 is 0 Å². The summed E-state index contributed by atoms with van der Waals surface area (Å²) in [5.41, 5.74) is 2.40. The van der Waals surface area contributed by atoms with Gasteiger partial charge in [0.1, 0.15) is 11.6 Å². The Morgan fingerprint density at radius 3 is 2.54 bits per heavy atom. The third-order valence-corrected chi connectivity index (χ3v) is 4.20. The Morgan fingerprint density at radius 2 is 1.85 bits per heavy atom. The third-order valence-electron chi connectivity index (χ3n) is 3.95. The first-order valence-electron chi connectivity index (χ1n) is 8.24. The molecular formula is C20H18ClFN2O2. The maximum Gasteiger partial charge on any atom is 0.226 e. The second-order valence-electron chi connectivity index (χ2n) is 5.93. The van der Waals surface area contributed by atoms with E-state index in [2.05, 4.69) is 10.3 Å². The van der Waals surface area contributed by atoms with Gasteiger partial charge in [0, 0.05) is 23.6 Å². The van der Waals surface area contributed by atoms with Crippen molar-refractivity contribution >= 4 is 17.5 Å². The number of aromatic nitrogens is 1. The summed E-state index contributed by atoms with van der Waals surface area (Å²) in [6, 6.07) is 13.2. The highest BCUT2D eigenvalue weighted by Gasteiger charge is 2.12. The van der Waals surface area contributed by atoms with Gasteiger partial charge in [-0.3, -0.25) is 4.79 Å². The van der Waals surface area contributed by atoms with Gasteiger partial charge < -0.3 is 9.73 Å². The number of nitrogens with one attached hydrogen (secondary N) is 1. The van der Waals surface area contributed by atoms with Crippen molar-refractivity contribution in [2.75, 3.05) is 6.54 Å². The zero-order chi connectivity index (χ0) is 18.5. The molecule has 1 N–H and O–H groups in total. The SMILES string of the molecule is Cc1oc(-c2ccc(F)cc2)nc1CCNC(=O)Cc1ccc(Cl)cc1. The van der Waals surface area contributed by atoms with Crippen molar-refractivity contribution < 1.29 is 13.6 Å². The Kier molecular flexibility index (Phi) is 5.68. The molecule has 0 aliphatic carbocycles. The van der Waals surface area contributed by atoms with Crippen molar-refractivity contribution in [3.63, 3.8) is 0 Å².